The predicted molar refractivity (Wildman–Crippen MR) is 177 cm³/mol. The van der Waals surface area contributed by atoms with Crippen molar-refractivity contribution in [3.8, 4) is 0 Å². The van der Waals surface area contributed by atoms with Crippen molar-refractivity contribution in [3.05, 3.63) is 106 Å². The van der Waals surface area contributed by atoms with E-state index in [1.807, 2.05) is 84.9 Å². The van der Waals surface area contributed by atoms with Gasteiger partial charge in [-0.05, 0) is 105 Å². The molecule has 0 aliphatic rings. The maximum absolute atomic E-state index is 13.2. The van der Waals surface area contributed by atoms with Crippen LogP contribution >= 0.6 is 11.6 Å². The molecule has 0 bridgehead atoms. The lowest BCUT2D eigenvalue weighted by Crippen LogP contribution is -2.23. The normalized spacial score (nSPS) is 11.2. The van der Waals surface area contributed by atoms with Gasteiger partial charge in [-0.25, -0.2) is 8.78 Å². The van der Waals surface area contributed by atoms with Gasteiger partial charge in [0.2, 0.25) is 0 Å². The minimum Gasteiger partial charge on any atom is -0.460 e. The van der Waals surface area contributed by atoms with Crippen molar-refractivity contribution in [2.75, 3.05) is 0 Å². The van der Waals surface area contributed by atoms with Crippen LogP contribution in [0.3, 0.4) is 0 Å². The number of ether oxygens (including phenoxy) is 3. The zero-order chi connectivity index (χ0) is 35.3. The summed E-state index contributed by atoms with van der Waals surface area (Å²) in [7, 11) is 0. The average Bonchev–Trinajstić information content (AvgIpc) is 2.94. The predicted octanol–water partition coefficient (Wildman–Crippen LogP) is 9.57. The fourth-order valence-electron chi connectivity index (χ4n) is 3.14. The Kier molecular flexibility index (Phi) is 15.6. The van der Waals surface area contributed by atoms with Crippen molar-refractivity contribution in [3.63, 3.8) is 0 Å². The largest absolute Gasteiger partial charge is 0.460 e. The number of carbonyl (C=O) groups excluding carboxylic acids is 3. The van der Waals surface area contributed by atoms with Crippen molar-refractivity contribution in [1.82, 2.24) is 0 Å². The van der Waals surface area contributed by atoms with Gasteiger partial charge in [-0.1, -0.05) is 59.6 Å². The van der Waals surface area contributed by atoms with Crippen molar-refractivity contribution in [1.29, 1.82) is 0 Å². The molecule has 0 aromatic heterocycles. The third kappa shape index (κ3) is 15.5. The number of rotatable bonds is 6. The highest BCUT2D eigenvalue weighted by atomic mass is 35.5. The van der Waals surface area contributed by atoms with Crippen LogP contribution < -0.4 is 0 Å². The van der Waals surface area contributed by atoms with Crippen molar-refractivity contribution in [2.24, 2.45) is 16.2 Å². The van der Waals surface area contributed by atoms with Crippen LogP contribution in [0.15, 0.2) is 66.7 Å². The molecule has 9 heteroatoms. The summed E-state index contributed by atoms with van der Waals surface area (Å²) in [6.45, 7) is 18.4. The summed E-state index contributed by atoms with van der Waals surface area (Å²) >= 11 is 5.74. The molecule has 0 atom stereocenters. The minimum absolute atomic E-state index is 0.163. The molecule has 0 spiro atoms. The van der Waals surface area contributed by atoms with Crippen LogP contribution in [-0.4, -0.2) is 17.9 Å². The molecular formula is C37H47ClF2O6. The maximum Gasteiger partial charge on any atom is 0.311 e. The van der Waals surface area contributed by atoms with Gasteiger partial charge >= 0.3 is 17.9 Å². The van der Waals surface area contributed by atoms with Gasteiger partial charge < -0.3 is 14.2 Å². The molecule has 0 saturated carbocycles. The smallest absolute Gasteiger partial charge is 0.311 e. The van der Waals surface area contributed by atoms with Gasteiger partial charge in [0.1, 0.15) is 31.5 Å². The lowest BCUT2D eigenvalue weighted by Gasteiger charge is -2.16. The number of hydrogen-bond donors (Lipinski definition) is 0. The highest BCUT2D eigenvalue weighted by molar-refractivity contribution is 6.30. The fraction of sp³-hybridized carbons (Fsp3) is 0.432. The molecule has 0 heterocycles. The summed E-state index contributed by atoms with van der Waals surface area (Å²) < 4.78 is 41.5. The molecule has 3 rings (SSSR count). The van der Waals surface area contributed by atoms with Crippen LogP contribution in [0.4, 0.5) is 8.78 Å². The van der Waals surface area contributed by atoms with Gasteiger partial charge in [-0.3, -0.25) is 14.4 Å². The van der Waals surface area contributed by atoms with Crippen LogP contribution in [-0.2, 0) is 48.4 Å². The summed E-state index contributed by atoms with van der Waals surface area (Å²) in [4.78, 5) is 34.4. The summed E-state index contributed by atoms with van der Waals surface area (Å²) in [6, 6.07) is 18.7. The van der Waals surface area contributed by atoms with Crippen molar-refractivity contribution >= 4 is 29.5 Å². The fourth-order valence-corrected chi connectivity index (χ4v) is 3.26. The van der Waals surface area contributed by atoms with Crippen molar-refractivity contribution < 1.29 is 37.4 Å². The Bertz CT molecular complexity index is 1410. The molecule has 0 aliphatic carbocycles. The molecule has 0 saturated heterocycles. The quantitative estimate of drug-likeness (QED) is 0.194. The van der Waals surface area contributed by atoms with Gasteiger partial charge in [-0.15, -0.1) is 0 Å². The van der Waals surface area contributed by atoms with Crippen LogP contribution in [0, 0.1) is 34.8 Å². The topological polar surface area (TPSA) is 78.9 Å². The van der Waals surface area contributed by atoms with E-state index in [4.69, 9.17) is 25.8 Å². The second kappa shape index (κ2) is 17.8. The van der Waals surface area contributed by atoms with E-state index in [2.05, 4.69) is 0 Å². The maximum atomic E-state index is 13.2. The molecule has 0 unspecified atom stereocenters. The number of hydrogen-bond acceptors (Lipinski definition) is 6. The number of esters is 3. The van der Waals surface area contributed by atoms with E-state index in [0.29, 0.717) is 18.2 Å². The zero-order valence-electron chi connectivity index (χ0n) is 28.6. The Balaban J connectivity index is 0.000000345. The first-order valence-electron chi connectivity index (χ1n) is 14.9. The van der Waals surface area contributed by atoms with Gasteiger partial charge in [0.15, 0.2) is 0 Å². The molecule has 46 heavy (non-hydrogen) atoms. The van der Waals surface area contributed by atoms with Crippen molar-refractivity contribution in [2.45, 2.75) is 89.1 Å². The number of benzene rings is 3. The second-order valence-corrected chi connectivity index (χ2v) is 14.2. The minimum atomic E-state index is -0.707. The van der Waals surface area contributed by atoms with E-state index in [0.717, 1.165) is 23.3 Å². The van der Waals surface area contributed by atoms with E-state index < -0.39 is 33.8 Å². The Labute approximate surface area is 277 Å². The summed E-state index contributed by atoms with van der Waals surface area (Å²) in [5.74, 6) is -2.26. The highest BCUT2D eigenvalue weighted by Crippen LogP contribution is 2.20. The molecule has 252 valence electrons. The second-order valence-electron chi connectivity index (χ2n) is 13.8. The van der Waals surface area contributed by atoms with E-state index in [-0.39, 0.29) is 24.1 Å². The molecule has 0 aliphatic heterocycles. The first-order valence-corrected chi connectivity index (χ1v) is 15.2. The van der Waals surface area contributed by atoms with Crippen LogP contribution in [0.5, 0.6) is 0 Å². The van der Waals surface area contributed by atoms with Crippen LogP contribution in [0.2, 0.25) is 5.02 Å². The Morgan fingerprint density at radius 2 is 0.978 bits per heavy atom. The third-order valence-corrected chi connectivity index (χ3v) is 6.23. The number of carbonyl (C=O) groups is 3. The van der Waals surface area contributed by atoms with E-state index in [1.54, 1.807) is 32.9 Å². The Hall–Kier alpha value is -3.78. The van der Waals surface area contributed by atoms with Gasteiger partial charge in [0.05, 0.1) is 21.8 Å². The summed E-state index contributed by atoms with van der Waals surface area (Å²) in [6.07, 6.45) is 0. The number of aryl methyl sites for hydroxylation is 1. The first-order chi connectivity index (χ1) is 21.1. The molecule has 0 N–H and O–H groups in total. The van der Waals surface area contributed by atoms with Gasteiger partial charge in [0.25, 0.3) is 0 Å². The average molecular weight is 661 g/mol. The highest BCUT2D eigenvalue weighted by Gasteiger charge is 2.25. The number of halogens is 3. The molecule has 6 nitrogen and oxygen atoms in total. The lowest BCUT2D eigenvalue weighted by molar-refractivity contribution is -0.155. The van der Waals surface area contributed by atoms with E-state index in [9.17, 15) is 23.2 Å². The van der Waals surface area contributed by atoms with Crippen LogP contribution in [0.25, 0.3) is 0 Å². The van der Waals surface area contributed by atoms with E-state index >= 15 is 0 Å². The third-order valence-electron chi connectivity index (χ3n) is 5.98. The lowest BCUT2D eigenvalue weighted by atomic mass is 9.97. The molecule has 3 aromatic carbocycles. The summed E-state index contributed by atoms with van der Waals surface area (Å²) in [5.41, 5.74) is 1.38. The molecular weight excluding hydrogens is 614 g/mol. The van der Waals surface area contributed by atoms with Gasteiger partial charge in [0, 0.05) is 5.02 Å². The zero-order valence-corrected chi connectivity index (χ0v) is 29.3. The molecule has 0 radical (unpaired) electrons. The molecule has 0 fully saturated rings. The standard InChI is InChI=1S/C13H18O2.C12H15ClO2.C12H14F2O2/c1-10-6-5-7-11(8-10)9-15-12(14)13(2,3)4;1-12(2,3)11(14)15-8-9-4-6-10(13)7-5-9;1-12(2,3)11(15)16-7-8-9(13)5-4-6-10(8)14/h5-8H,9H2,1-4H3;4-7H,8H2,1-3H3;4-6H,7H2,1-3H3. The summed E-state index contributed by atoms with van der Waals surface area (Å²) in [5, 5.41) is 0.681. The molecule has 0 amide bonds. The first kappa shape index (κ1) is 40.2. The van der Waals surface area contributed by atoms with E-state index in [1.165, 1.54) is 11.6 Å². The Morgan fingerprint density at radius 3 is 1.39 bits per heavy atom. The Morgan fingerprint density at radius 1 is 0.587 bits per heavy atom. The SMILES string of the molecule is CC(C)(C)C(=O)OCc1c(F)cccc1F.CC(C)(C)C(=O)OCc1ccc(Cl)cc1.Cc1cccc(COC(=O)C(C)(C)C)c1. The monoisotopic (exact) mass is 660 g/mol. The van der Waals surface area contributed by atoms with Crippen LogP contribution in [0.1, 0.15) is 84.6 Å². The molecule has 3 aromatic rings. The van der Waals surface area contributed by atoms with Gasteiger partial charge in [-0.2, -0.15) is 0 Å².